The molecule has 1 saturated heterocycles. The Morgan fingerprint density at radius 2 is 1.91 bits per heavy atom. The summed E-state index contributed by atoms with van der Waals surface area (Å²) in [6.07, 6.45) is 0. The molecular weight excluding hydrogens is 136 g/mol. The Bertz CT molecular complexity index is 122. The van der Waals surface area contributed by atoms with Crippen LogP contribution >= 0.6 is 0 Å². The Morgan fingerprint density at radius 3 is 2.18 bits per heavy atom. The molecule has 0 aromatic carbocycles. The summed E-state index contributed by atoms with van der Waals surface area (Å²) < 4.78 is 0. The molecule has 1 rings (SSSR count). The third kappa shape index (κ3) is 2.46. The zero-order valence-corrected chi connectivity index (χ0v) is 8.07. The minimum atomic E-state index is 0.385. The molecule has 1 aliphatic heterocycles. The van der Waals surface area contributed by atoms with Gasteiger partial charge in [0.2, 0.25) is 0 Å². The van der Waals surface area contributed by atoms with E-state index < -0.39 is 0 Å². The van der Waals surface area contributed by atoms with Crippen LogP contribution in [0.5, 0.6) is 0 Å². The summed E-state index contributed by atoms with van der Waals surface area (Å²) in [7, 11) is 0. The minimum Gasteiger partial charge on any atom is -0.314 e. The fraction of sp³-hybridized carbons (Fsp3) is 1.00. The van der Waals surface area contributed by atoms with Gasteiger partial charge in [-0.1, -0.05) is 20.8 Å². The van der Waals surface area contributed by atoms with Gasteiger partial charge < -0.3 is 10.6 Å². The van der Waals surface area contributed by atoms with Gasteiger partial charge in [0.05, 0.1) is 0 Å². The smallest absolute Gasteiger partial charge is 0.0320 e. The van der Waals surface area contributed by atoms with Gasteiger partial charge in [-0.2, -0.15) is 0 Å². The Balaban J connectivity index is 2.24. The van der Waals surface area contributed by atoms with E-state index >= 15 is 0 Å². The number of hydrogen-bond acceptors (Lipinski definition) is 2. The Morgan fingerprint density at radius 1 is 1.36 bits per heavy atom. The molecule has 66 valence electrons. The molecule has 2 heteroatoms. The fourth-order valence-electron chi connectivity index (χ4n) is 1.01. The van der Waals surface area contributed by atoms with Gasteiger partial charge in [-0.15, -0.1) is 0 Å². The van der Waals surface area contributed by atoms with E-state index in [0.717, 1.165) is 13.1 Å². The van der Waals surface area contributed by atoms with Crippen molar-refractivity contribution in [3.8, 4) is 0 Å². The van der Waals surface area contributed by atoms with Gasteiger partial charge in [-0.3, -0.25) is 0 Å². The van der Waals surface area contributed by atoms with Crippen LogP contribution in [0.3, 0.4) is 0 Å². The molecule has 1 aliphatic rings. The summed E-state index contributed by atoms with van der Waals surface area (Å²) in [6.45, 7) is 11.4. The highest BCUT2D eigenvalue weighted by molar-refractivity contribution is 4.87. The lowest BCUT2D eigenvalue weighted by Gasteiger charge is -2.36. The van der Waals surface area contributed by atoms with Crippen molar-refractivity contribution in [2.24, 2.45) is 5.41 Å². The molecule has 0 bridgehead atoms. The van der Waals surface area contributed by atoms with Gasteiger partial charge in [0.15, 0.2) is 0 Å². The molecule has 11 heavy (non-hydrogen) atoms. The van der Waals surface area contributed by atoms with E-state index in [0.29, 0.717) is 17.5 Å². The molecule has 0 aromatic heterocycles. The largest absolute Gasteiger partial charge is 0.314 e. The maximum absolute atomic E-state index is 3.59. The second-order valence-electron chi connectivity index (χ2n) is 4.61. The predicted molar refractivity (Wildman–Crippen MR) is 48.7 cm³/mol. The van der Waals surface area contributed by atoms with Gasteiger partial charge in [0, 0.05) is 25.2 Å². The van der Waals surface area contributed by atoms with E-state index in [2.05, 4.69) is 38.3 Å². The highest BCUT2D eigenvalue weighted by atomic mass is 15.1. The lowest BCUT2D eigenvalue weighted by Crippen LogP contribution is -2.59. The van der Waals surface area contributed by atoms with E-state index in [-0.39, 0.29) is 0 Å². The summed E-state index contributed by atoms with van der Waals surface area (Å²) in [5.74, 6) is 0. The minimum absolute atomic E-state index is 0.385. The Hall–Kier alpha value is -0.0800. The summed E-state index contributed by atoms with van der Waals surface area (Å²) in [5.41, 5.74) is 0.385. The van der Waals surface area contributed by atoms with Crippen molar-refractivity contribution in [1.29, 1.82) is 0 Å². The molecule has 0 radical (unpaired) electrons. The first-order valence-corrected chi connectivity index (χ1v) is 4.47. The Labute approximate surface area is 69.8 Å². The first-order valence-electron chi connectivity index (χ1n) is 4.47. The lowest BCUT2D eigenvalue weighted by atomic mass is 9.87. The van der Waals surface area contributed by atoms with Crippen molar-refractivity contribution in [3.63, 3.8) is 0 Å². The summed E-state index contributed by atoms with van der Waals surface area (Å²) in [5, 5.41) is 6.85. The first kappa shape index (κ1) is 9.01. The predicted octanol–water partition coefficient (Wildman–Crippen LogP) is 0.982. The number of nitrogens with one attached hydrogen (secondary N) is 2. The molecule has 0 aromatic rings. The molecule has 1 fully saturated rings. The van der Waals surface area contributed by atoms with Crippen LogP contribution in [0.2, 0.25) is 0 Å². The highest BCUT2D eigenvalue weighted by Gasteiger charge is 2.25. The number of hydrogen-bond donors (Lipinski definition) is 2. The monoisotopic (exact) mass is 156 g/mol. The SMILES string of the molecule is CC(NC1CNC1)C(C)(C)C. The summed E-state index contributed by atoms with van der Waals surface area (Å²) >= 11 is 0. The molecule has 0 amide bonds. The van der Waals surface area contributed by atoms with Crippen LogP contribution in [0.15, 0.2) is 0 Å². The van der Waals surface area contributed by atoms with Gasteiger partial charge >= 0.3 is 0 Å². The molecule has 1 atom stereocenters. The van der Waals surface area contributed by atoms with Crippen LogP contribution < -0.4 is 10.6 Å². The van der Waals surface area contributed by atoms with Crippen molar-refractivity contribution in [3.05, 3.63) is 0 Å². The van der Waals surface area contributed by atoms with Crippen molar-refractivity contribution >= 4 is 0 Å². The molecule has 2 N–H and O–H groups in total. The van der Waals surface area contributed by atoms with Crippen LogP contribution in [-0.4, -0.2) is 25.2 Å². The van der Waals surface area contributed by atoms with Crippen LogP contribution in [-0.2, 0) is 0 Å². The zero-order chi connectivity index (χ0) is 8.48. The molecule has 0 aliphatic carbocycles. The van der Waals surface area contributed by atoms with Crippen LogP contribution in [0.25, 0.3) is 0 Å². The van der Waals surface area contributed by atoms with Gasteiger partial charge in [-0.05, 0) is 12.3 Å². The third-order valence-corrected chi connectivity index (χ3v) is 2.57. The molecule has 0 saturated carbocycles. The number of rotatable bonds is 2. The maximum Gasteiger partial charge on any atom is 0.0320 e. The molecule has 1 heterocycles. The van der Waals surface area contributed by atoms with Gasteiger partial charge in [-0.25, -0.2) is 0 Å². The Kier molecular flexibility index (Phi) is 2.55. The van der Waals surface area contributed by atoms with Crippen LogP contribution in [0, 0.1) is 5.41 Å². The van der Waals surface area contributed by atoms with Crippen molar-refractivity contribution in [2.45, 2.75) is 39.8 Å². The molecular formula is C9H20N2. The lowest BCUT2D eigenvalue weighted by molar-refractivity contribution is 0.232. The summed E-state index contributed by atoms with van der Waals surface area (Å²) in [6, 6.07) is 1.32. The quantitative estimate of drug-likeness (QED) is 0.623. The summed E-state index contributed by atoms with van der Waals surface area (Å²) in [4.78, 5) is 0. The maximum atomic E-state index is 3.59. The molecule has 2 nitrogen and oxygen atoms in total. The average molecular weight is 156 g/mol. The topological polar surface area (TPSA) is 24.1 Å². The van der Waals surface area contributed by atoms with Crippen LogP contribution in [0.4, 0.5) is 0 Å². The van der Waals surface area contributed by atoms with E-state index in [1.807, 2.05) is 0 Å². The highest BCUT2D eigenvalue weighted by Crippen LogP contribution is 2.19. The van der Waals surface area contributed by atoms with Crippen molar-refractivity contribution < 1.29 is 0 Å². The second-order valence-corrected chi connectivity index (χ2v) is 4.61. The van der Waals surface area contributed by atoms with Gasteiger partial charge in [0.25, 0.3) is 0 Å². The molecule has 1 unspecified atom stereocenters. The van der Waals surface area contributed by atoms with Crippen molar-refractivity contribution in [1.82, 2.24) is 10.6 Å². The van der Waals surface area contributed by atoms with E-state index in [4.69, 9.17) is 0 Å². The third-order valence-electron chi connectivity index (χ3n) is 2.57. The van der Waals surface area contributed by atoms with E-state index in [1.54, 1.807) is 0 Å². The average Bonchev–Trinajstić information content (AvgIpc) is 1.75. The fourth-order valence-corrected chi connectivity index (χ4v) is 1.01. The second kappa shape index (κ2) is 3.11. The zero-order valence-electron chi connectivity index (χ0n) is 8.07. The van der Waals surface area contributed by atoms with Crippen LogP contribution in [0.1, 0.15) is 27.7 Å². The standard InChI is InChI=1S/C9H20N2/c1-7(9(2,3)4)11-8-5-10-6-8/h7-8,10-11H,5-6H2,1-4H3. The van der Waals surface area contributed by atoms with Crippen molar-refractivity contribution in [2.75, 3.05) is 13.1 Å². The first-order chi connectivity index (χ1) is 5.00. The normalized spacial score (nSPS) is 22.9. The van der Waals surface area contributed by atoms with E-state index in [1.165, 1.54) is 0 Å². The van der Waals surface area contributed by atoms with E-state index in [9.17, 15) is 0 Å². The molecule has 0 spiro atoms. The van der Waals surface area contributed by atoms with Gasteiger partial charge in [0.1, 0.15) is 0 Å².